The van der Waals surface area contributed by atoms with Gasteiger partial charge in [-0.3, -0.25) is 9.89 Å². The third kappa shape index (κ3) is 2.01. The van der Waals surface area contributed by atoms with E-state index < -0.39 is 0 Å². The summed E-state index contributed by atoms with van der Waals surface area (Å²) in [7, 11) is 0. The zero-order valence-electron chi connectivity index (χ0n) is 9.27. The molecular formula is C12H13N3O2. The van der Waals surface area contributed by atoms with Crippen LogP contribution in [0.15, 0.2) is 24.4 Å². The van der Waals surface area contributed by atoms with Gasteiger partial charge < -0.3 is 10.1 Å². The number of ether oxygens (including phenoxy) is 1. The van der Waals surface area contributed by atoms with Crippen LogP contribution >= 0.6 is 0 Å². The van der Waals surface area contributed by atoms with Gasteiger partial charge in [-0.2, -0.15) is 5.10 Å². The second-order valence-corrected chi connectivity index (χ2v) is 4.22. The lowest BCUT2D eigenvalue weighted by Crippen LogP contribution is -2.22. The molecule has 1 amide bonds. The molecule has 2 aromatic rings. The summed E-state index contributed by atoms with van der Waals surface area (Å²) in [5.74, 6) is 0.0143. The number of anilines is 1. The van der Waals surface area contributed by atoms with Crippen LogP contribution in [-0.2, 0) is 9.53 Å². The van der Waals surface area contributed by atoms with Crippen molar-refractivity contribution in [3.8, 4) is 0 Å². The van der Waals surface area contributed by atoms with Crippen molar-refractivity contribution in [1.82, 2.24) is 10.2 Å². The molecule has 88 valence electrons. The standard InChI is InChI=1S/C12H13N3O2/c16-12(8-3-4-17-7-8)14-10-1-2-11-9(5-10)6-13-15-11/h1-2,5-6,8H,3-4,7H2,(H,13,15)(H,14,16). The van der Waals surface area contributed by atoms with Gasteiger partial charge in [0.25, 0.3) is 0 Å². The number of hydrogen-bond acceptors (Lipinski definition) is 3. The van der Waals surface area contributed by atoms with Crippen molar-refractivity contribution in [1.29, 1.82) is 0 Å². The van der Waals surface area contributed by atoms with Crippen molar-refractivity contribution >= 4 is 22.5 Å². The van der Waals surface area contributed by atoms with E-state index in [0.717, 1.165) is 23.0 Å². The molecule has 0 saturated carbocycles. The van der Waals surface area contributed by atoms with E-state index in [1.54, 1.807) is 6.20 Å². The zero-order chi connectivity index (χ0) is 11.7. The molecule has 1 aliphatic heterocycles. The van der Waals surface area contributed by atoms with Gasteiger partial charge in [-0.15, -0.1) is 0 Å². The van der Waals surface area contributed by atoms with Crippen molar-refractivity contribution < 1.29 is 9.53 Å². The van der Waals surface area contributed by atoms with Crippen molar-refractivity contribution in [3.05, 3.63) is 24.4 Å². The Morgan fingerprint density at radius 1 is 1.53 bits per heavy atom. The summed E-state index contributed by atoms with van der Waals surface area (Å²) >= 11 is 0. The summed E-state index contributed by atoms with van der Waals surface area (Å²) in [5, 5.41) is 10.7. The molecule has 1 fully saturated rings. The lowest BCUT2D eigenvalue weighted by atomic mass is 10.1. The highest BCUT2D eigenvalue weighted by Crippen LogP contribution is 2.19. The molecule has 5 heteroatoms. The number of hydrogen-bond donors (Lipinski definition) is 2. The van der Waals surface area contributed by atoms with E-state index in [0.29, 0.717) is 13.2 Å². The minimum absolute atomic E-state index is 0.0185. The lowest BCUT2D eigenvalue weighted by Gasteiger charge is -2.09. The number of fused-ring (bicyclic) bond motifs is 1. The molecule has 2 N–H and O–H groups in total. The van der Waals surface area contributed by atoms with Crippen LogP contribution in [-0.4, -0.2) is 29.3 Å². The lowest BCUT2D eigenvalue weighted by molar-refractivity contribution is -0.119. The quantitative estimate of drug-likeness (QED) is 0.823. The average molecular weight is 231 g/mol. The number of rotatable bonds is 2. The van der Waals surface area contributed by atoms with Gasteiger partial charge in [0, 0.05) is 17.7 Å². The Morgan fingerprint density at radius 3 is 3.29 bits per heavy atom. The van der Waals surface area contributed by atoms with Gasteiger partial charge in [-0.1, -0.05) is 0 Å². The fourth-order valence-electron chi connectivity index (χ4n) is 2.01. The Bertz CT molecular complexity index is 543. The number of nitrogens with one attached hydrogen (secondary N) is 2. The van der Waals surface area contributed by atoms with Crippen LogP contribution < -0.4 is 5.32 Å². The summed E-state index contributed by atoms with van der Waals surface area (Å²) in [5.41, 5.74) is 1.77. The van der Waals surface area contributed by atoms with E-state index in [2.05, 4.69) is 15.5 Å². The SMILES string of the molecule is O=C(Nc1ccc2[nH]ncc2c1)C1CCOC1. The fourth-order valence-corrected chi connectivity index (χ4v) is 2.01. The van der Waals surface area contributed by atoms with Crippen LogP contribution in [0.4, 0.5) is 5.69 Å². The van der Waals surface area contributed by atoms with Crippen molar-refractivity contribution in [3.63, 3.8) is 0 Å². The number of carbonyl (C=O) groups is 1. The van der Waals surface area contributed by atoms with Crippen molar-refractivity contribution in [2.24, 2.45) is 5.92 Å². The molecule has 2 heterocycles. The number of amides is 1. The molecule has 0 spiro atoms. The highest BCUT2D eigenvalue weighted by molar-refractivity contribution is 5.95. The molecule has 1 atom stereocenters. The van der Waals surface area contributed by atoms with Gasteiger partial charge in [-0.05, 0) is 24.6 Å². The Kier molecular flexibility index (Phi) is 2.53. The minimum atomic E-state index is -0.0185. The van der Waals surface area contributed by atoms with Crippen LogP contribution in [0.25, 0.3) is 10.9 Å². The molecule has 1 unspecified atom stereocenters. The van der Waals surface area contributed by atoms with E-state index in [1.807, 2.05) is 18.2 Å². The highest BCUT2D eigenvalue weighted by Gasteiger charge is 2.23. The fraction of sp³-hybridized carbons (Fsp3) is 0.333. The third-order valence-corrected chi connectivity index (χ3v) is 3.01. The number of H-pyrrole nitrogens is 1. The smallest absolute Gasteiger partial charge is 0.229 e. The van der Waals surface area contributed by atoms with Crippen LogP contribution in [0, 0.1) is 5.92 Å². The average Bonchev–Trinajstić information content (AvgIpc) is 2.99. The molecule has 1 aliphatic rings. The summed E-state index contributed by atoms with van der Waals surface area (Å²) in [6, 6.07) is 5.68. The van der Waals surface area contributed by atoms with Crippen LogP contribution in [0.5, 0.6) is 0 Å². The van der Waals surface area contributed by atoms with E-state index in [4.69, 9.17) is 4.74 Å². The predicted molar refractivity (Wildman–Crippen MR) is 63.6 cm³/mol. The second-order valence-electron chi connectivity index (χ2n) is 4.22. The number of carbonyl (C=O) groups excluding carboxylic acids is 1. The van der Waals surface area contributed by atoms with E-state index in [1.165, 1.54) is 0 Å². The predicted octanol–water partition coefficient (Wildman–Crippen LogP) is 1.54. The third-order valence-electron chi connectivity index (χ3n) is 3.01. The van der Waals surface area contributed by atoms with Gasteiger partial charge in [0.05, 0.1) is 24.2 Å². The Labute approximate surface area is 98.2 Å². The first-order valence-corrected chi connectivity index (χ1v) is 5.65. The maximum absolute atomic E-state index is 11.9. The molecule has 1 aromatic heterocycles. The van der Waals surface area contributed by atoms with Crippen molar-refractivity contribution in [2.45, 2.75) is 6.42 Å². The first-order chi connectivity index (χ1) is 8.33. The molecule has 1 aromatic carbocycles. The first kappa shape index (κ1) is 10.3. The molecule has 0 bridgehead atoms. The van der Waals surface area contributed by atoms with Gasteiger partial charge >= 0.3 is 0 Å². The normalized spacial score (nSPS) is 19.6. The number of aromatic amines is 1. The highest BCUT2D eigenvalue weighted by atomic mass is 16.5. The molecule has 17 heavy (non-hydrogen) atoms. The van der Waals surface area contributed by atoms with Crippen LogP contribution in [0.1, 0.15) is 6.42 Å². The Hall–Kier alpha value is -1.88. The number of aromatic nitrogens is 2. The maximum atomic E-state index is 11.9. The molecular weight excluding hydrogens is 218 g/mol. The molecule has 3 rings (SSSR count). The molecule has 5 nitrogen and oxygen atoms in total. The van der Waals surface area contributed by atoms with Crippen LogP contribution in [0.2, 0.25) is 0 Å². The second kappa shape index (κ2) is 4.18. The summed E-state index contributed by atoms with van der Waals surface area (Å²) in [6.07, 6.45) is 2.55. The minimum Gasteiger partial charge on any atom is -0.381 e. The zero-order valence-corrected chi connectivity index (χ0v) is 9.27. The molecule has 1 saturated heterocycles. The molecule has 0 radical (unpaired) electrons. The maximum Gasteiger partial charge on any atom is 0.229 e. The summed E-state index contributed by atoms with van der Waals surface area (Å²) in [4.78, 5) is 11.9. The topological polar surface area (TPSA) is 67.0 Å². The molecule has 0 aliphatic carbocycles. The van der Waals surface area contributed by atoms with Crippen molar-refractivity contribution in [2.75, 3.05) is 18.5 Å². The van der Waals surface area contributed by atoms with Gasteiger partial charge in [0.1, 0.15) is 0 Å². The number of benzene rings is 1. The largest absolute Gasteiger partial charge is 0.381 e. The van der Waals surface area contributed by atoms with Gasteiger partial charge in [0.2, 0.25) is 5.91 Å². The summed E-state index contributed by atoms with van der Waals surface area (Å²) < 4.78 is 5.20. The Balaban J connectivity index is 1.77. The Morgan fingerprint density at radius 2 is 2.47 bits per heavy atom. The number of nitrogens with zero attached hydrogens (tertiary/aromatic N) is 1. The van der Waals surface area contributed by atoms with E-state index >= 15 is 0 Å². The summed E-state index contributed by atoms with van der Waals surface area (Å²) in [6.45, 7) is 1.21. The van der Waals surface area contributed by atoms with E-state index in [-0.39, 0.29) is 11.8 Å². The van der Waals surface area contributed by atoms with Gasteiger partial charge in [0.15, 0.2) is 0 Å². The first-order valence-electron chi connectivity index (χ1n) is 5.65. The monoisotopic (exact) mass is 231 g/mol. The van der Waals surface area contributed by atoms with E-state index in [9.17, 15) is 4.79 Å². The van der Waals surface area contributed by atoms with Crippen LogP contribution in [0.3, 0.4) is 0 Å². The van der Waals surface area contributed by atoms with Gasteiger partial charge in [-0.25, -0.2) is 0 Å².